The number of aliphatic imine (C=N–C) groups is 1. The van der Waals surface area contributed by atoms with Crippen molar-refractivity contribution >= 4 is 40.0 Å². The molecule has 0 spiro atoms. The number of rotatable bonds is 3. The van der Waals surface area contributed by atoms with Gasteiger partial charge in [-0.2, -0.15) is 0 Å². The van der Waals surface area contributed by atoms with E-state index in [0.29, 0.717) is 10.8 Å². The fourth-order valence-electron chi connectivity index (χ4n) is 2.43. The summed E-state index contributed by atoms with van der Waals surface area (Å²) in [6.07, 6.45) is 2.13. The Morgan fingerprint density at radius 1 is 1.33 bits per heavy atom. The van der Waals surface area contributed by atoms with Gasteiger partial charge in [0.25, 0.3) is 0 Å². The van der Waals surface area contributed by atoms with Crippen LogP contribution in [0.15, 0.2) is 41.0 Å². The van der Waals surface area contributed by atoms with E-state index in [-0.39, 0.29) is 16.7 Å². The molecule has 0 amide bonds. The Kier molecular flexibility index (Phi) is 5.50. The van der Waals surface area contributed by atoms with E-state index < -0.39 is 0 Å². The molecule has 0 bridgehead atoms. The first-order chi connectivity index (χ1) is 11.0. The molecule has 1 aromatic carbocycles. The maximum Gasteiger partial charge on any atom is 0.169 e. The van der Waals surface area contributed by atoms with Crippen molar-refractivity contribution in [3.8, 4) is 0 Å². The molecule has 0 saturated carbocycles. The Hall–Kier alpha value is -1.26. The molecule has 0 N–H and O–H groups in total. The lowest BCUT2D eigenvalue weighted by Crippen LogP contribution is -2.36. The van der Waals surface area contributed by atoms with Crippen molar-refractivity contribution in [2.45, 2.75) is 47.1 Å². The molecule has 0 aromatic heterocycles. The molecule has 2 rings (SSSR count). The minimum atomic E-state index is -0.344. The minimum Gasteiger partial charge on any atom is -0.298 e. The summed E-state index contributed by atoms with van der Waals surface area (Å²) in [6.45, 7) is 12.0. The summed E-state index contributed by atoms with van der Waals surface area (Å²) in [6, 6.07) is 7.69. The summed E-state index contributed by atoms with van der Waals surface area (Å²) in [5.74, 6) is 0.620. The SMILES string of the molecule is CC1=CC(C)(C)N=C(SCC(=O)C(C)(C)C)N1c1cccc(Cl)c1. The molecule has 1 heterocycles. The number of carbonyl (C=O) groups excluding carboxylic acids is 1. The van der Waals surface area contributed by atoms with E-state index in [0.717, 1.165) is 16.6 Å². The third-order valence-electron chi connectivity index (χ3n) is 3.73. The van der Waals surface area contributed by atoms with Crippen LogP contribution in [0.4, 0.5) is 5.69 Å². The first-order valence-electron chi connectivity index (χ1n) is 8.01. The Labute approximate surface area is 154 Å². The largest absolute Gasteiger partial charge is 0.298 e. The summed E-state index contributed by atoms with van der Waals surface area (Å²) in [5.41, 5.74) is 1.42. The van der Waals surface area contributed by atoms with Gasteiger partial charge in [-0.3, -0.25) is 14.7 Å². The number of hydrogen-bond acceptors (Lipinski definition) is 4. The number of nitrogens with zero attached hydrogens (tertiary/aromatic N) is 2. The Balaban J connectivity index is 2.33. The number of ketones is 1. The van der Waals surface area contributed by atoms with Gasteiger partial charge in [0.1, 0.15) is 5.78 Å². The van der Waals surface area contributed by atoms with E-state index in [1.807, 2.05) is 45.0 Å². The van der Waals surface area contributed by atoms with E-state index in [1.165, 1.54) is 11.8 Å². The van der Waals surface area contributed by atoms with Crippen LogP contribution in [0, 0.1) is 5.41 Å². The number of carbonyl (C=O) groups is 1. The monoisotopic (exact) mass is 364 g/mol. The van der Waals surface area contributed by atoms with Gasteiger partial charge in [0.15, 0.2) is 5.17 Å². The van der Waals surface area contributed by atoms with Crippen molar-refractivity contribution in [3.63, 3.8) is 0 Å². The maximum absolute atomic E-state index is 12.3. The minimum absolute atomic E-state index is 0.214. The van der Waals surface area contributed by atoms with Crippen LogP contribution in [0.3, 0.4) is 0 Å². The third-order valence-corrected chi connectivity index (χ3v) is 4.90. The summed E-state index contributed by atoms with van der Waals surface area (Å²) in [4.78, 5) is 19.2. The summed E-state index contributed by atoms with van der Waals surface area (Å²) < 4.78 is 0. The molecule has 24 heavy (non-hydrogen) atoms. The first-order valence-corrected chi connectivity index (χ1v) is 9.37. The second-order valence-corrected chi connectivity index (χ2v) is 8.99. The second-order valence-electron chi connectivity index (χ2n) is 7.61. The smallest absolute Gasteiger partial charge is 0.169 e. The molecule has 1 aliphatic heterocycles. The Bertz CT molecular complexity index is 702. The van der Waals surface area contributed by atoms with Crippen LogP contribution >= 0.6 is 23.4 Å². The lowest BCUT2D eigenvalue weighted by Gasteiger charge is -2.34. The van der Waals surface area contributed by atoms with Crippen molar-refractivity contribution in [3.05, 3.63) is 41.1 Å². The summed E-state index contributed by atoms with van der Waals surface area (Å²) in [5, 5.41) is 1.51. The van der Waals surface area contributed by atoms with Gasteiger partial charge in [-0.1, -0.05) is 50.2 Å². The number of thioether (sulfide) groups is 1. The maximum atomic E-state index is 12.3. The van der Waals surface area contributed by atoms with Crippen LogP contribution in [-0.2, 0) is 4.79 Å². The predicted molar refractivity (Wildman–Crippen MR) is 106 cm³/mol. The number of allylic oxidation sites excluding steroid dienone is 1. The van der Waals surface area contributed by atoms with E-state index in [1.54, 1.807) is 0 Å². The van der Waals surface area contributed by atoms with Gasteiger partial charge in [0, 0.05) is 21.8 Å². The number of hydrogen-bond donors (Lipinski definition) is 0. The highest BCUT2D eigenvalue weighted by atomic mass is 35.5. The molecule has 0 fully saturated rings. The molecule has 0 saturated heterocycles. The van der Waals surface area contributed by atoms with Crippen LogP contribution in [0.1, 0.15) is 41.5 Å². The molecule has 0 atom stereocenters. The van der Waals surface area contributed by atoms with Crippen molar-refractivity contribution in [2.75, 3.05) is 10.7 Å². The molecule has 1 aromatic rings. The predicted octanol–water partition coefficient (Wildman–Crippen LogP) is 5.55. The van der Waals surface area contributed by atoms with Crippen molar-refractivity contribution < 1.29 is 4.79 Å². The number of halogens is 1. The second kappa shape index (κ2) is 6.93. The lowest BCUT2D eigenvalue weighted by molar-refractivity contribution is -0.123. The van der Waals surface area contributed by atoms with Gasteiger partial charge < -0.3 is 0 Å². The zero-order chi connectivity index (χ0) is 18.1. The molecule has 3 nitrogen and oxygen atoms in total. The average molecular weight is 365 g/mol. The molecule has 0 aliphatic carbocycles. The van der Waals surface area contributed by atoms with Gasteiger partial charge in [-0.15, -0.1) is 0 Å². The molecular weight excluding hydrogens is 340 g/mol. The Morgan fingerprint density at radius 3 is 2.58 bits per heavy atom. The van der Waals surface area contributed by atoms with E-state index in [9.17, 15) is 4.79 Å². The zero-order valence-electron chi connectivity index (χ0n) is 15.2. The number of amidine groups is 1. The third kappa shape index (κ3) is 4.64. The van der Waals surface area contributed by atoms with Gasteiger partial charge in [0.2, 0.25) is 0 Å². The van der Waals surface area contributed by atoms with E-state index in [4.69, 9.17) is 16.6 Å². The highest BCUT2D eigenvalue weighted by Crippen LogP contribution is 2.33. The van der Waals surface area contributed by atoms with Crippen molar-refractivity contribution in [1.29, 1.82) is 0 Å². The lowest BCUT2D eigenvalue weighted by atomic mass is 9.92. The van der Waals surface area contributed by atoms with E-state index >= 15 is 0 Å². The van der Waals surface area contributed by atoms with Gasteiger partial charge in [0.05, 0.1) is 11.3 Å². The van der Waals surface area contributed by atoms with Gasteiger partial charge >= 0.3 is 0 Å². The summed E-state index contributed by atoms with van der Waals surface area (Å²) >= 11 is 7.65. The number of benzene rings is 1. The number of anilines is 1. The first kappa shape index (κ1) is 19.1. The fourth-order valence-corrected chi connectivity index (χ4v) is 3.98. The highest BCUT2D eigenvalue weighted by Gasteiger charge is 2.29. The van der Waals surface area contributed by atoms with Crippen LogP contribution in [0.2, 0.25) is 5.02 Å². The molecule has 5 heteroatoms. The van der Waals surface area contributed by atoms with Gasteiger partial charge in [-0.25, -0.2) is 0 Å². The van der Waals surface area contributed by atoms with E-state index in [2.05, 4.69) is 31.7 Å². The summed E-state index contributed by atoms with van der Waals surface area (Å²) in [7, 11) is 0. The van der Waals surface area contributed by atoms with Gasteiger partial charge in [-0.05, 0) is 45.0 Å². The standard InChI is InChI=1S/C19H25ClN2OS/c1-13-11-19(5,6)21-17(24-12-16(23)18(2,3)4)22(13)15-9-7-8-14(20)10-15/h7-11H,12H2,1-6H3. The topological polar surface area (TPSA) is 32.7 Å². The molecule has 0 radical (unpaired) electrons. The quantitative estimate of drug-likeness (QED) is 0.705. The molecule has 0 unspecified atom stereocenters. The van der Waals surface area contributed by atoms with Crippen LogP contribution in [-0.4, -0.2) is 22.2 Å². The van der Waals surface area contributed by atoms with Crippen LogP contribution in [0.25, 0.3) is 0 Å². The molecule has 1 aliphatic rings. The normalized spacial score (nSPS) is 17.4. The highest BCUT2D eigenvalue weighted by molar-refractivity contribution is 8.14. The zero-order valence-corrected chi connectivity index (χ0v) is 16.8. The van der Waals surface area contributed by atoms with Crippen LogP contribution in [0.5, 0.6) is 0 Å². The average Bonchev–Trinajstić information content (AvgIpc) is 2.41. The fraction of sp³-hybridized carbons (Fsp3) is 0.474. The molecular formula is C19H25ClN2OS. The van der Waals surface area contributed by atoms with Crippen LogP contribution < -0.4 is 4.90 Å². The Morgan fingerprint density at radius 2 is 2.00 bits per heavy atom. The molecule has 130 valence electrons. The van der Waals surface area contributed by atoms with Crippen molar-refractivity contribution in [1.82, 2.24) is 0 Å². The van der Waals surface area contributed by atoms with Crippen molar-refractivity contribution in [2.24, 2.45) is 10.4 Å². The number of Topliss-reactive ketones (excluding diaryl/α,β-unsaturated/α-hetero) is 1.